The Morgan fingerprint density at radius 3 is 2.81 bits per heavy atom. The number of nitro benzene ring substituents is 1. The number of aldehydes is 1. The van der Waals surface area contributed by atoms with Gasteiger partial charge in [0.2, 0.25) is 0 Å². The van der Waals surface area contributed by atoms with E-state index in [0.717, 1.165) is 5.33 Å². The van der Waals surface area contributed by atoms with Crippen LogP contribution in [0.15, 0.2) is 18.2 Å². The fourth-order valence-electron chi connectivity index (χ4n) is 1.08. The van der Waals surface area contributed by atoms with Gasteiger partial charge in [-0.05, 0) is 12.1 Å². The molecule has 0 fully saturated rings. The quantitative estimate of drug-likeness (QED) is 0.281. The first-order valence-corrected chi connectivity index (χ1v) is 5.59. The molecule has 0 unspecified atom stereocenters. The largest absolute Gasteiger partial charge is 0.298 e. The second kappa shape index (κ2) is 6.03. The number of nitrogens with zero attached hydrogens (tertiary/aromatic N) is 1. The summed E-state index contributed by atoms with van der Waals surface area (Å²) in [6.45, 7) is 0. The lowest BCUT2D eigenvalue weighted by Crippen LogP contribution is -1.94. The second-order valence-electron chi connectivity index (χ2n) is 2.89. The zero-order valence-corrected chi connectivity index (χ0v) is 9.86. The Balaban J connectivity index is 3.14. The lowest BCUT2D eigenvalue weighted by molar-refractivity contribution is -0.385. The van der Waals surface area contributed by atoms with Crippen LogP contribution in [0.2, 0.25) is 0 Å². The predicted octanol–water partition coefficient (Wildman–Crippen LogP) is 2.54. The molecule has 5 heteroatoms. The Labute approximate surface area is 101 Å². The Morgan fingerprint density at radius 1 is 1.50 bits per heavy atom. The molecule has 4 nitrogen and oxygen atoms in total. The third-order valence-electron chi connectivity index (χ3n) is 1.80. The lowest BCUT2D eigenvalue weighted by Gasteiger charge is -1.96. The van der Waals surface area contributed by atoms with Gasteiger partial charge in [-0.1, -0.05) is 27.8 Å². The summed E-state index contributed by atoms with van der Waals surface area (Å²) in [4.78, 5) is 20.7. The van der Waals surface area contributed by atoms with Gasteiger partial charge in [-0.2, -0.15) is 0 Å². The fourth-order valence-corrected chi connectivity index (χ4v) is 1.28. The average Bonchev–Trinajstić information content (AvgIpc) is 2.29. The predicted molar refractivity (Wildman–Crippen MR) is 63.8 cm³/mol. The number of nitro groups is 1. The molecule has 82 valence electrons. The van der Waals surface area contributed by atoms with E-state index in [1.54, 1.807) is 0 Å². The van der Waals surface area contributed by atoms with Crippen molar-refractivity contribution in [2.45, 2.75) is 6.42 Å². The molecule has 0 aliphatic carbocycles. The summed E-state index contributed by atoms with van der Waals surface area (Å²) >= 11 is 3.21. The summed E-state index contributed by atoms with van der Waals surface area (Å²) in [5, 5.41) is 11.5. The molecule has 1 aromatic carbocycles. The molecule has 0 aliphatic rings. The highest BCUT2D eigenvalue weighted by atomic mass is 79.9. The molecule has 0 heterocycles. The standard InChI is InChI=1S/C11H8BrNO3/c12-6-2-1-3-10-5-4-9(8-14)7-11(10)13(15)16/h4-5,7-8H,2,6H2. The summed E-state index contributed by atoms with van der Waals surface area (Å²) in [6, 6.07) is 4.23. The van der Waals surface area contributed by atoms with E-state index < -0.39 is 4.92 Å². The van der Waals surface area contributed by atoms with Crippen molar-refractivity contribution in [3.8, 4) is 11.8 Å². The molecule has 0 aliphatic heterocycles. The Morgan fingerprint density at radius 2 is 2.25 bits per heavy atom. The van der Waals surface area contributed by atoms with Crippen LogP contribution in [0.25, 0.3) is 0 Å². The normalized spacial score (nSPS) is 9.06. The van der Waals surface area contributed by atoms with Gasteiger partial charge in [-0.3, -0.25) is 14.9 Å². The van der Waals surface area contributed by atoms with Crippen molar-refractivity contribution in [1.29, 1.82) is 0 Å². The minimum atomic E-state index is -0.537. The van der Waals surface area contributed by atoms with E-state index in [0.29, 0.717) is 18.3 Å². The molecule has 1 rings (SSSR count). The number of halogens is 1. The topological polar surface area (TPSA) is 60.2 Å². The highest BCUT2D eigenvalue weighted by molar-refractivity contribution is 9.09. The molecule has 0 atom stereocenters. The molecule has 16 heavy (non-hydrogen) atoms. The van der Waals surface area contributed by atoms with Crippen LogP contribution in [0.1, 0.15) is 22.3 Å². The summed E-state index contributed by atoms with van der Waals surface area (Å²) in [5.41, 5.74) is 0.473. The maximum absolute atomic E-state index is 10.7. The zero-order valence-electron chi connectivity index (χ0n) is 8.27. The van der Waals surface area contributed by atoms with E-state index in [9.17, 15) is 14.9 Å². The van der Waals surface area contributed by atoms with Crippen LogP contribution < -0.4 is 0 Å². The molecule has 0 amide bonds. The Hall–Kier alpha value is -1.67. The molecule has 1 aromatic rings. The van der Waals surface area contributed by atoms with Crippen molar-refractivity contribution < 1.29 is 9.72 Å². The van der Waals surface area contributed by atoms with Gasteiger partial charge in [0.1, 0.15) is 11.8 Å². The van der Waals surface area contributed by atoms with Crippen molar-refractivity contribution in [3.63, 3.8) is 0 Å². The van der Waals surface area contributed by atoms with Gasteiger partial charge in [0.15, 0.2) is 0 Å². The zero-order chi connectivity index (χ0) is 12.0. The smallest absolute Gasteiger partial charge is 0.285 e. The van der Waals surface area contributed by atoms with Crippen LogP contribution >= 0.6 is 15.9 Å². The molecule has 0 saturated carbocycles. The molecule has 0 radical (unpaired) electrons. The SMILES string of the molecule is O=Cc1ccc(C#CCCBr)c([N+](=O)[O-])c1. The molecule has 0 N–H and O–H groups in total. The van der Waals surface area contributed by atoms with Crippen molar-refractivity contribution in [1.82, 2.24) is 0 Å². The van der Waals surface area contributed by atoms with E-state index in [1.165, 1.54) is 18.2 Å². The van der Waals surface area contributed by atoms with Crippen LogP contribution in [-0.4, -0.2) is 16.5 Å². The number of carbonyl (C=O) groups is 1. The van der Waals surface area contributed by atoms with Crippen LogP contribution in [0.5, 0.6) is 0 Å². The van der Waals surface area contributed by atoms with Crippen molar-refractivity contribution in [3.05, 3.63) is 39.4 Å². The molecule has 0 spiro atoms. The van der Waals surface area contributed by atoms with E-state index >= 15 is 0 Å². The monoisotopic (exact) mass is 281 g/mol. The number of carbonyl (C=O) groups excluding carboxylic acids is 1. The number of benzene rings is 1. The maximum atomic E-state index is 10.7. The second-order valence-corrected chi connectivity index (χ2v) is 3.69. The highest BCUT2D eigenvalue weighted by Crippen LogP contribution is 2.18. The van der Waals surface area contributed by atoms with Crippen molar-refractivity contribution in [2.24, 2.45) is 0 Å². The molecule has 0 bridgehead atoms. The fraction of sp³-hybridized carbons (Fsp3) is 0.182. The molecule has 0 aromatic heterocycles. The summed E-state index contributed by atoms with van der Waals surface area (Å²) < 4.78 is 0. The van der Waals surface area contributed by atoms with Crippen LogP contribution in [0.4, 0.5) is 5.69 Å². The summed E-state index contributed by atoms with van der Waals surface area (Å²) in [7, 11) is 0. The number of hydrogen-bond donors (Lipinski definition) is 0. The van der Waals surface area contributed by atoms with Gasteiger partial charge in [0.05, 0.1) is 4.92 Å². The molecular weight excluding hydrogens is 274 g/mol. The van der Waals surface area contributed by atoms with Crippen molar-refractivity contribution >= 4 is 27.9 Å². The van der Waals surface area contributed by atoms with Gasteiger partial charge >= 0.3 is 0 Å². The molecular formula is C11H8BrNO3. The van der Waals surface area contributed by atoms with E-state index in [1.807, 2.05) is 0 Å². The van der Waals surface area contributed by atoms with Gasteiger partial charge in [-0.15, -0.1) is 0 Å². The average molecular weight is 282 g/mol. The number of rotatable bonds is 3. The highest BCUT2D eigenvalue weighted by Gasteiger charge is 2.12. The number of alkyl halides is 1. The number of hydrogen-bond acceptors (Lipinski definition) is 3. The maximum Gasteiger partial charge on any atom is 0.285 e. The Bertz CT molecular complexity index is 474. The van der Waals surface area contributed by atoms with E-state index in [2.05, 4.69) is 27.8 Å². The van der Waals surface area contributed by atoms with Gasteiger partial charge in [0.25, 0.3) is 5.69 Å². The van der Waals surface area contributed by atoms with E-state index in [-0.39, 0.29) is 11.3 Å². The Kier molecular flexibility index (Phi) is 4.67. The third kappa shape index (κ3) is 3.17. The summed E-state index contributed by atoms with van der Waals surface area (Å²) in [5.74, 6) is 5.50. The van der Waals surface area contributed by atoms with Gasteiger partial charge < -0.3 is 0 Å². The first-order chi connectivity index (χ1) is 7.69. The third-order valence-corrected chi connectivity index (χ3v) is 2.19. The van der Waals surface area contributed by atoms with Crippen LogP contribution in [0.3, 0.4) is 0 Å². The van der Waals surface area contributed by atoms with Crippen LogP contribution in [-0.2, 0) is 0 Å². The van der Waals surface area contributed by atoms with Gasteiger partial charge in [-0.25, -0.2) is 0 Å². The van der Waals surface area contributed by atoms with E-state index in [4.69, 9.17) is 0 Å². The molecule has 0 saturated heterocycles. The minimum absolute atomic E-state index is 0.133. The van der Waals surface area contributed by atoms with Crippen molar-refractivity contribution in [2.75, 3.05) is 5.33 Å². The summed E-state index contributed by atoms with van der Waals surface area (Å²) in [6.07, 6.45) is 1.19. The first-order valence-electron chi connectivity index (χ1n) is 4.47. The van der Waals surface area contributed by atoms with Crippen LogP contribution in [0, 0.1) is 22.0 Å². The first kappa shape index (κ1) is 12.4. The van der Waals surface area contributed by atoms with Gasteiger partial charge in [0, 0.05) is 23.4 Å². The lowest BCUT2D eigenvalue weighted by atomic mass is 10.1. The minimum Gasteiger partial charge on any atom is -0.298 e.